The van der Waals surface area contributed by atoms with Gasteiger partial charge in [0.1, 0.15) is 5.75 Å². The van der Waals surface area contributed by atoms with Gasteiger partial charge in [-0.1, -0.05) is 11.6 Å². The summed E-state index contributed by atoms with van der Waals surface area (Å²) in [5.74, 6) is -2.28. The number of methoxy groups -OCH3 is 1. The molecule has 1 aromatic rings. The van der Waals surface area contributed by atoms with E-state index in [0.29, 0.717) is 0 Å². The summed E-state index contributed by atoms with van der Waals surface area (Å²) in [4.78, 5) is 13.0. The number of halogens is 3. The number of nitrogens with zero attached hydrogens (tertiary/aromatic N) is 1. The first-order valence-electron chi connectivity index (χ1n) is 3.85. The summed E-state index contributed by atoms with van der Waals surface area (Å²) in [7, 11) is 1.26. The van der Waals surface area contributed by atoms with Crippen LogP contribution in [0.2, 0.25) is 5.02 Å². The highest BCUT2D eigenvalue weighted by Gasteiger charge is 2.17. The second-order valence-corrected chi connectivity index (χ2v) is 2.98. The molecule has 0 N–H and O–H groups in total. The molecule has 1 rings (SSSR count). The number of hydrogen-bond acceptors (Lipinski definition) is 3. The zero-order valence-corrected chi connectivity index (χ0v) is 8.44. The van der Waals surface area contributed by atoms with Gasteiger partial charge in [-0.15, -0.1) is 0 Å². The van der Waals surface area contributed by atoms with Crippen molar-refractivity contribution in [2.75, 3.05) is 7.11 Å². The summed E-state index contributed by atoms with van der Waals surface area (Å²) in [6.45, 7) is -0.365. The monoisotopic (exact) mass is 233 g/mol. The predicted molar refractivity (Wildman–Crippen MR) is 49.7 cm³/mol. The fourth-order valence-corrected chi connectivity index (χ4v) is 1.39. The van der Waals surface area contributed by atoms with Crippen LogP contribution in [0.15, 0.2) is 11.1 Å². The van der Waals surface area contributed by atoms with Crippen molar-refractivity contribution in [3.8, 4) is 5.75 Å². The van der Waals surface area contributed by atoms with Crippen LogP contribution >= 0.6 is 11.6 Å². The molecule has 0 spiro atoms. The van der Waals surface area contributed by atoms with Crippen LogP contribution in [-0.4, -0.2) is 13.2 Å². The van der Waals surface area contributed by atoms with E-state index in [4.69, 9.17) is 16.3 Å². The van der Waals surface area contributed by atoms with Gasteiger partial charge < -0.3 is 4.74 Å². The zero-order chi connectivity index (χ0) is 11.4. The molecule has 0 aliphatic rings. The van der Waals surface area contributed by atoms with Crippen molar-refractivity contribution in [3.63, 3.8) is 0 Å². The van der Waals surface area contributed by atoms with E-state index in [1.165, 1.54) is 13.2 Å². The van der Waals surface area contributed by atoms with Gasteiger partial charge in [0.05, 0.1) is 24.2 Å². The topological polar surface area (TPSA) is 38.7 Å². The van der Waals surface area contributed by atoms with Gasteiger partial charge in [0.2, 0.25) is 6.08 Å². The van der Waals surface area contributed by atoms with Gasteiger partial charge in [0.15, 0.2) is 11.6 Å². The molecule has 0 aromatic heterocycles. The highest BCUT2D eigenvalue weighted by Crippen LogP contribution is 2.32. The number of isocyanates is 1. The molecule has 0 heterocycles. The summed E-state index contributed by atoms with van der Waals surface area (Å²) in [5, 5.41) is -0.0764. The van der Waals surface area contributed by atoms with Crippen molar-refractivity contribution in [1.29, 1.82) is 0 Å². The summed E-state index contributed by atoms with van der Waals surface area (Å²) in [5.41, 5.74) is -0.203. The Bertz CT molecular complexity index is 431. The lowest BCUT2D eigenvalue weighted by Gasteiger charge is -2.09. The first-order chi connectivity index (χ1) is 7.11. The van der Waals surface area contributed by atoms with Gasteiger partial charge in [0, 0.05) is 0 Å². The van der Waals surface area contributed by atoms with E-state index < -0.39 is 11.6 Å². The Hall–Kier alpha value is -1.45. The molecule has 1 aromatic carbocycles. The number of benzene rings is 1. The second kappa shape index (κ2) is 4.87. The van der Waals surface area contributed by atoms with Crippen LogP contribution in [0.4, 0.5) is 8.78 Å². The molecule has 0 unspecified atom stereocenters. The van der Waals surface area contributed by atoms with Crippen molar-refractivity contribution < 1.29 is 18.3 Å². The average molecular weight is 234 g/mol. The van der Waals surface area contributed by atoms with Crippen molar-refractivity contribution in [2.45, 2.75) is 6.54 Å². The molecular formula is C9H6ClF2NO2. The number of ether oxygens (including phenoxy) is 1. The molecule has 80 valence electrons. The number of rotatable bonds is 3. The number of hydrogen-bond donors (Lipinski definition) is 0. The maximum atomic E-state index is 13.2. The average Bonchev–Trinajstić information content (AvgIpc) is 2.21. The van der Waals surface area contributed by atoms with E-state index in [-0.39, 0.29) is 22.9 Å². The number of aliphatic imine (C=N–C) groups is 1. The minimum atomic E-state index is -1.13. The summed E-state index contributed by atoms with van der Waals surface area (Å²) < 4.78 is 31.0. The summed E-state index contributed by atoms with van der Waals surface area (Å²) in [6.07, 6.45) is 1.22. The first kappa shape index (κ1) is 11.6. The lowest BCUT2D eigenvalue weighted by atomic mass is 10.2. The molecule has 0 saturated carbocycles. The molecule has 0 saturated heterocycles. The highest BCUT2D eigenvalue weighted by molar-refractivity contribution is 6.32. The van der Waals surface area contributed by atoms with E-state index in [1.807, 2.05) is 0 Å². The van der Waals surface area contributed by atoms with Gasteiger partial charge in [0.25, 0.3) is 0 Å². The Labute approximate surface area is 89.3 Å². The molecule has 0 radical (unpaired) electrons. The van der Waals surface area contributed by atoms with E-state index in [9.17, 15) is 13.6 Å². The Kier molecular flexibility index (Phi) is 3.77. The first-order valence-corrected chi connectivity index (χ1v) is 4.23. The van der Waals surface area contributed by atoms with Crippen LogP contribution in [-0.2, 0) is 11.3 Å². The fraction of sp³-hybridized carbons (Fsp3) is 0.222. The van der Waals surface area contributed by atoms with Crippen LogP contribution in [0.3, 0.4) is 0 Å². The molecule has 0 bridgehead atoms. The maximum absolute atomic E-state index is 13.2. The van der Waals surface area contributed by atoms with Crippen LogP contribution in [0, 0.1) is 11.6 Å². The minimum absolute atomic E-state index is 0.0328. The van der Waals surface area contributed by atoms with Crippen LogP contribution in [0.1, 0.15) is 5.56 Å². The third-order valence-corrected chi connectivity index (χ3v) is 2.01. The summed E-state index contributed by atoms with van der Waals surface area (Å²) in [6, 6.07) is 0.795. The van der Waals surface area contributed by atoms with Gasteiger partial charge in [-0.3, -0.25) is 0 Å². The fourth-order valence-electron chi connectivity index (χ4n) is 1.10. The predicted octanol–water partition coefficient (Wildman–Crippen LogP) is 2.46. The van der Waals surface area contributed by atoms with Crippen molar-refractivity contribution in [2.24, 2.45) is 4.99 Å². The third kappa shape index (κ3) is 2.32. The lowest BCUT2D eigenvalue weighted by Crippen LogP contribution is -1.99. The smallest absolute Gasteiger partial charge is 0.235 e. The molecule has 15 heavy (non-hydrogen) atoms. The lowest BCUT2D eigenvalue weighted by molar-refractivity contribution is 0.398. The molecule has 0 atom stereocenters. The minimum Gasteiger partial charge on any atom is -0.495 e. The van der Waals surface area contributed by atoms with Gasteiger partial charge in [-0.2, -0.15) is 0 Å². The van der Waals surface area contributed by atoms with Gasteiger partial charge in [-0.25, -0.2) is 18.6 Å². The largest absolute Gasteiger partial charge is 0.495 e. The van der Waals surface area contributed by atoms with E-state index in [0.717, 1.165) is 6.07 Å². The van der Waals surface area contributed by atoms with E-state index >= 15 is 0 Å². The van der Waals surface area contributed by atoms with Gasteiger partial charge >= 0.3 is 0 Å². The van der Waals surface area contributed by atoms with E-state index in [1.54, 1.807) is 0 Å². The summed E-state index contributed by atoms with van der Waals surface area (Å²) >= 11 is 5.61. The molecule has 3 nitrogen and oxygen atoms in total. The second-order valence-electron chi connectivity index (χ2n) is 2.57. The zero-order valence-electron chi connectivity index (χ0n) is 7.68. The Balaban J connectivity index is 3.35. The maximum Gasteiger partial charge on any atom is 0.235 e. The van der Waals surface area contributed by atoms with Crippen molar-refractivity contribution in [1.82, 2.24) is 0 Å². The quantitative estimate of drug-likeness (QED) is 0.457. The molecule has 0 fully saturated rings. The molecule has 6 heteroatoms. The Morgan fingerprint density at radius 2 is 2.27 bits per heavy atom. The molecule has 0 amide bonds. The Morgan fingerprint density at radius 3 is 2.80 bits per heavy atom. The number of carbonyl (C=O) groups excluding carboxylic acids is 1. The SMILES string of the molecule is COc1c(Cl)cc(F)c(F)c1CN=C=O. The van der Waals surface area contributed by atoms with Crippen LogP contribution < -0.4 is 4.74 Å². The van der Waals surface area contributed by atoms with Crippen molar-refractivity contribution in [3.05, 3.63) is 28.3 Å². The highest BCUT2D eigenvalue weighted by atomic mass is 35.5. The molecular weight excluding hydrogens is 228 g/mol. The van der Waals surface area contributed by atoms with Gasteiger partial charge in [-0.05, 0) is 6.07 Å². The standard InChI is InChI=1S/C9H6ClF2NO2/c1-15-9-5(3-13-4-14)8(12)7(11)2-6(9)10/h2H,3H2,1H3. The molecule has 0 aliphatic heterocycles. The van der Waals surface area contributed by atoms with Crippen molar-refractivity contribution >= 4 is 17.7 Å². The Morgan fingerprint density at radius 1 is 1.60 bits per heavy atom. The normalized spacial score (nSPS) is 9.60. The van der Waals surface area contributed by atoms with Crippen LogP contribution in [0.25, 0.3) is 0 Å². The van der Waals surface area contributed by atoms with E-state index in [2.05, 4.69) is 4.99 Å². The molecule has 0 aliphatic carbocycles. The van der Waals surface area contributed by atoms with Crippen LogP contribution in [0.5, 0.6) is 5.75 Å². The third-order valence-electron chi connectivity index (χ3n) is 1.72.